The molecule has 0 aliphatic heterocycles. The fourth-order valence-corrected chi connectivity index (χ4v) is 1.86. The maximum atomic E-state index is 12.2. The van der Waals surface area contributed by atoms with Gasteiger partial charge in [0.05, 0.1) is 15.7 Å². The number of nitrogens with two attached hydrogens (primary N) is 1. The second kappa shape index (κ2) is 5.69. The fraction of sp³-hybridized carbons (Fsp3) is 0.333. The van der Waals surface area contributed by atoms with Crippen molar-refractivity contribution < 1.29 is 27.8 Å². The number of carbonyl (C=O) groups is 1. The van der Waals surface area contributed by atoms with Crippen LogP contribution in [0.15, 0.2) is 6.20 Å². The minimum Gasteiger partial charge on any atom is -0.481 e. The summed E-state index contributed by atoms with van der Waals surface area (Å²) in [5.41, 5.74) is 5.22. The van der Waals surface area contributed by atoms with E-state index in [9.17, 15) is 18.0 Å². The van der Waals surface area contributed by atoms with E-state index in [0.717, 1.165) is 6.20 Å². The van der Waals surface area contributed by atoms with Crippen molar-refractivity contribution in [3.8, 4) is 5.75 Å². The van der Waals surface area contributed by atoms with E-state index in [1.807, 2.05) is 0 Å². The highest BCUT2D eigenvalue weighted by molar-refractivity contribution is 14.1. The van der Waals surface area contributed by atoms with Crippen LogP contribution in [0.3, 0.4) is 0 Å². The lowest BCUT2D eigenvalue weighted by atomic mass is 10.1. The summed E-state index contributed by atoms with van der Waals surface area (Å²) >= 11 is 1.58. The minimum atomic E-state index is -4.90. The van der Waals surface area contributed by atoms with Gasteiger partial charge in [0.1, 0.15) is 5.75 Å². The van der Waals surface area contributed by atoms with Gasteiger partial charge < -0.3 is 15.6 Å². The van der Waals surface area contributed by atoms with Crippen molar-refractivity contribution in [2.24, 2.45) is 5.73 Å². The molecule has 0 unspecified atom stereocenters. The summed E-state index contributed by atoms with van der Waals surface area (Å²) in [6, 6.07) is 0. The number of alkyl halides is 3. The first-order valence-corrected chi connectivity index (χ1v) is 5.66. The third-order valence-electron chi connectivity index (χ3n) is 1.91. The van der Waals surface area contributed by atoms with Crippen molar-refractivity contribution in [1.82, 2.24) is 4.98 Å². The molecule has 9 heteroatoms. The molecule has 0 saturated heterocycles. The second-order valence-corrected chi connectivity index (χ2v) is 4.35. The Balaban J connectivity index is 3.31. The van der Waals surface area contributed by atoms with Crippen LogP contribution in [0, 0.1) is 3.57 Å². The standard InChI is InChI=1S/C9H8F3IN2O3/c10-9(11,12)18-8-4(1-7(16)17)6(2-14)15-3-5(8)13/h3H,1-2,14H2,(H,16,17). The van der Waals surface area contributed by atoms with E-state index in [4.69, 9.17) is 10.8 Å². The average molecular weight is 376 g/mol. The number of carboxylic acids is 1. The summed E-state index contributed by atoms with van der Waals surface area (Å²) in [5, 5.41) is 8.69. The third kappa shape index (κ3) is 3.98. The van der Waals surface area contributed by atoms with Crippen molar-refractivity contribution in [2.75, 3.05) is 0 Å². The maximum absolute atomic E-state index is 12.2. The topological polar surface area (TPSA) is 85.4 Å². The molecule has 5 nitrogen and oxygen atoms in total. The van der Waals surface area contributed by atoms with Gasteiger partial charge >= 0.3 is 12.3 Å². The van der Waals surface area contributed by atoms with Crippen LogP contribution in [0.5, 0.6) is 5.75 Å². The Hall–Kier alpha value is -1.10. The van der Waals surface area contributed by atoms with E-state index in [-0.39, 0.29) is 21.4 Å². The third-order valence-corrected chi connectivity index (χ3v) is 2.68. The van der Waals surface area contributed by atoms with Crippen LogP contribution in [0.2, 0.25) is 0 Å². The number of halogens is 4. The maximum Gasteiger partial charge on any atom is 0.573 e. The number of pyridine rings is 1. The van der Waals surface area contributed by atoms with Crippen molar-refractivity contribution >= 4 is 28.6 Å². The molecule has 0 atom stereocenters. The van der Waals surface area contributed by atoms with Crippen molar-refractivity contribution in [1.29, 1.82) is 0 Å². The highest BCUT2D eigenvalue weighted by atomic mass is 127. The highest BCUT2D eigenvalue weighted by Gasteiger charge is 2.34. The highest BCUT2D eigenvalue weighted by Crippen LogP contribution is 2.32. The molecule has 0 amide bonds. The van der Waals surface area contributed by atoms with Gasteiger partial charge in [0.15, 0.2) is 0 Å². The minimum absolute atomic E-state index is 0.0667. The van der Waals surface area contributed by atoms with Crippen molar-refractivity contribution in [2.45, 2.75) is 19.3 Å². The normalized spacial score (nSPS) is 11.4. The Labute approximate surface area is 113 Å². The van der Waals surface area contributed by atoms with E-state index >= 15 is 0 Å². The largest absolute Gasteiger partial charge is 0.573 e. The van der Waals surface area contributed by atoms with Gasteiger partial charge in [-0.05, 0) is 22.6 Å². The number of ether oxygens (including phenoxy) is 1. The van der Waals surface area contributed by atoms with Crippen LogP contribution in [0.4, 0.5) is 13.2 Å². The summed E-state index contributed by atoms with van der Waals surface area (Å²) in [6.45, 7) is -0.173. The molecule has 1 aromatic heterocycles. The number of nitrogens with zero attached hydrogens (tertiary/aromatic N) is 1. The quantitative estimate of drug-likeness (QED) is 0.782. The molecule has 0 aliphatic carbocycles. The van der Waals surface area contributed by atoms with Gasteiger partial charge in [-0.25, -0.2) is 0 Å². The molecule has 1 aromatic rings. The average Bonchev–Trinajstić information content (AvgIpc) is 2.21. The van der Waals surface area contributed by atoms with E-state index < -0.39 is 24.5 Å². The predicted molar refractivity (Wildman–Crippen MR) is 62.9 cm³/mol. The van der Waals surface area contributed by atoms with E-state index in [2.05, 4.69) is 9.72 Å². The van der Waals surface area contributed by atoms with Gasteiger partial charge in [-0.15, -0.1) is 13.2 Å². The first-order chi connectivity index (χ1) is 8.24. The van der Waals surface area contributed by atoms with E-state index in [1.165, 1.54) is 0 Å². The lowest BCUT2D eigenvalue weighted by molar-refractivity contribution is -0.275. The Bertz CT molecular complexity index is 465. The van der Waals surface area contributed by atoms with E-state index in [0.29, 0.717) is 0 Å². The monoisotopic (exact) mass is 376 g/mol. The molecule has 0 bridgehead atoms. The molecule has 18 heavy (non-hydrogen) atoms. The zero-order valence-electron chi connectivity index (χ0n) is 8.79. The number of hydrogen-bond acceptors (Lipinski definition) is 4. The summed E-state index contributed by atoms with van der Waals surface area (Å²) < 4.78 is 40.7. The van der Waals surface area contributed by atoms with Crippen LogP contribution >= 0.6 is 22.6 Å². The molecule has 1 rings (SSSR count). The number of hydrogen-bond donors (Lipinski definition) is 2. The summed E-state index contributed by atoms with van der Waals surface area (Å²) in [4.78, 5) is 14.5. The number of carboxylic acid groups (broad SMARTS) is 1. The molecule has 3 N–H and O–H groups in total. The Kier molecular flexibility index (Phi) is 4.73. The summed E-state index contributed by atoms with van der Waals surface area (Å²) in [5.74, 6) is -1.85. The number of rotatable bonds is 4. The number of aromatic nitrogens is 1. The predicted octanol–water partition coefficient (Wildman–Crippen LogP) is 1.67. The second-order valence-electron chi connectivity index (χ2n) is 3.18. The van der Waals surface area contributed by atoms with E-state index in [1.54, 1.807) is 22.6 Å². The van der Waals surface area contributed by atoms with Crippen molar-refractivity contribution in [3.63, 3.8) is 0 Å². The van der Waals surface area contributed by atoms with Crippen LogP contribution in [-0.2, 0) is 17.8 Å². The lowest BCUT2D eigenvalue weighted by Gasteiger charge is -2.16. The molecule has 1 heterocycles. The van der Waals surface area contributed by atoms with Crippen molar-refractivity contribution in [3.05, 3.63) is 21.0 Å². The number of aliphatic carboxylic acids is 1. The molecule has 0 radical (unpaired) electrons. The molecule has 0 aliphatic rings. The van der Waals surface area contributed by atoms with Gasteiger partial charge in [0.25, 0.3) is 0 Å². The van der Waals surface area contributed by atoms with Gasteiger partial charge in [-0.2, -0.15) is 0 Å². The molecular formula is C9H8F3IN2O3. The molecule has 0 fully saturated rings. The first kappa shape index (κ1) is 15.0. The molecular weight excluding hydrogens is 368 g/mol. The van der Waals surface area contributed by atoms with Crippen LogP contribution in [0.1, 0.15) is 11.3 Å². The van der Waals surface area contributed by atoms with Gasteiger partial charge in [-0.1, -0.05) is 0 Å². The Morgan fingerprint density at radius 3 is 2.61 bits per heavy atom. The zero-order chi connectivity index (χ0) is 13.9. The van der Waals surface area contributed by atoms with Gasteiger partial charge in [0, 0.05) is 18.3 Å². The molecule has 0 saturated carbocycles. The van der Waals surface area contributed by atoms with Crippen LogP contribution in [0.25, 0.3) is 0 Å². The van der Waals surface area contributed by atoms with Gasteiger partial charge in [-0.3, -0.25) is 9.78 Å². The summed E-state index contributed by atoms with van der Waals surface area (Å²) in [6.07, 6.45) is -4.39. The first-order valence-electron chi connectivity index (χ1n) is 4.58. The molecule has 0 aromatic carbocycles. The van der Waals surface area contributed by atoms with Crippen LogP contribution in [-0.4, -0.2) is 22.4 Å². The lowest BCUT2D eigenvalue weighted by Crippen LogP contribution is -2.21. The molecule has 0 spiro atoms. The van der Waals surface area contributed by atoms with Crippen LogP contribution < -0.4 is 10.5 Å². The smallest absolute Gasteiger partial charge is 0.481 e. The molecule has 100 valence electrons. The van der Waals surface area contributed by atoms with Gasteiger partial charge in [0.2, 0.25) is 0 Å². The Morgan fingerprint density at radius 1 is 1.56 bits per heavy atom. The Morgan fingerprint density at radius 2 is 2.17 bits per heavy atom. The SMILES string of the molecule is NCc1ncc(I)c(OC(F)(F)F)c1CC(=O)O. The zero-order valence-corrected chi connectivity index (χ0v) is 10.9. The summed E-state index contributed by atoms with van der Waals surface area (Å²) in [7, 11) is 0. The fourth-order valence-electron chi connectivity index (χ4n) is 1.28.